The fourth-order valence-corrected chi connectivity index (χ4v) is 2.79. The van der Waals surface area contributed by atoms with E-state index in [1.165, 1.54) is 64.7 Å². The van der Waals surface area contributed by atoms with Gasteiger partial charge >= 0.3 is 0 Å². The van der Waals surface area contributed by atoms with Crippen molar-refractivity contribution < 1.29 is 0 Å². The topological polar surface area (TPSA) is 15.3 Å². The molecular weight excluding hydrogens is 184 g/mol. The van der Waals surface area contributed by atoms with Gasteiger partial charge in [-0.05, 0) is 64.2 Å². The highest BCUT2D eigenvalue weighted by molar-refractivity contribution is 4.75. The molecule has 2 heteroatoms. The van der Waals surface area contributed by atoms with Gasteiger partial charge in [-0.15, -0.1) is 0 Å². The minimum atomic E-state index is 0.818. The molecule has 2 saturated heterocycles. The Hall–Kier alpha value is -0.0800. The van der Waals surface area contributed by atoms with Crippen LogP contribution in [0, 0.1) is 5.92 Å². The Bertz CT molecular complexity index is 167. The molecule has 2 nitrogen and oxygen atoms in total. The molecule has 0 spiro atoms. The first-order valence-electron chi connectivity index (χ1n) is 6.80. The van der Waals surface area contributed by atoms with E-state index >= 15 is 0 Å². The minimum absolute atomic E-state index is 0.818. The average Bonchev–Trinajstić information content (AvgIpc) is 2.30. The predicted octanol–water partition coefficient (Wildman–Crippen LogP) is 2.25. The molecule has 0 aromatic rings. The lowest BCUT2D eigenvalue weighted by atomic mass is 9.98. The Labute approximate surface area is 94.4 Å². The molecule has 2 aliphatic heterocycles. The van der Waals surface area contributed by atoms with Gasteiger partial charge in [-0.3, -0.25) is 0 Å². The zero-order valence-electron chi connectivity index (χ0n) is 10.2. The molecule has 2 heterocycles. The normalized spacial score (nSPS) is 30.6. The predicted molar refractivity (Wildman–Crippen MR) is 65.1 cm³/mol. The van der Waals surface area contributed by atoms with Crippen LogP contribution in [0.25, 0.3) is 0 Å². The van der Waals surface area contributed by atoms with Gasteiger partial charge in [0.05, 0.1) is 0 Å². The summed E-state index contributed by atoms with van der Waals surface area (Å²) in [7, 11) is 0. The molecule has 0 radical (unpaired) electrons. The van der Waals surface area contributed by atoms with Crippen molar-refractivity contribution in [2.75, 3.05) is 26.2 Å². The lowest BCUT2D eigenvalue weighted by molar-refractivity contribution is 0.180. The number of likely N-dealkylation sites (tertiary alicyclic amines) is 1. The molecule has 2 aliphatic rings. The van der Waals surface area contributed by atoms with E-state index in [1.807, 2.05) is 0 Å². The monoisotopic (exact) mass is 210 g/mol. The summed E-state index contributed by atoms with van der Waals surface area (Å²) >= 11 is 0. The summed E-state index contributed by atoms with van der Waals surface area (Å²) in [5.74, 6) is 0.967. The van der Waals surface area contributed by atoms with Gasteiger partial charge in [0.1, 0.15) is 0 Å². The first-order valence-corrected chi connectivity index (χ1v) is 6.80. The van der Waals surface area contributed by atoms with Crippen LogP contribution in [0.15, 0.2) is 0 Å². The zero-order chi connectivity index (χ0) is 10.5. The Balaban J connectivity index is 1.60. The summed E-state index contributed by atoms with van der Waals surface area (Å²) in [6, 6.07) is 0.818. The second-order valence-corrected chi connectivity index (χ2v) is 5.46. The van der Waals surface area contributed by atoms with Crippen LogP contribution in [0.3, 0.4) is 0 Å². The molecule has 88 valence electrons. The summed E-state index contributed by atoms with van der Waals surface area (Å²) in [5, 5.41) is 3.64. The molecule has 1 N–H and O–H groups in total. The number of nitrogens with zero attached hydrogens (tertiary/aromatic N) is 1. The van der Waals surface area contributed by atoms with Crippen LogP contribution in [0.2, 0.25) is 0 Å². The summed E-state index contributed by atoms with van der Waals surface area (Å²) in [6.07, 6.45) is 8.43. The van der Waals surface area contributed by atoms with Crippen molar-refractivity contribution in [3.63, 3.8) is 0 Å². The smallest absolute Gasteiger partial charge is 0.00792 e. The van der Waals surface area contributed by atoms with Crippen molar-refractivity contribution in [3.05, 3.63) is 0 Å². The van der Waals surface area contributed by atoms with Crippen molar-refractivity contribution in [1.29, 1.82) is 0 Å². The van der Waals surface area contributed by atoms with E-state index in [9.17, 15) is 0 Å². The molecular formula is C13H26N2. The van der Waals surface area contributed by atoms with E-state index in [0.29, 0.717) is 0 Å². The SMILES string of the molecule is CC1CCN(CC[C@H]2CCCCN2)CC1. The molecule has 0 aliphatic carbocycles. The number of hydrogen-bond acceptors (Lipinski definition) is 2. The number of piperidine rings is 2. The van der Waals surface area contributed by atoms with Crippen LogP contribution < -0.4 is 5.32 Å². The molecule has 0 aromatic carbocycles. The third-order valence-corrected chi connectivity index (χ3v) is 4.08. The van der Waals surface area contributed by atoms with Crippen molar-refractivity contribution in [2.45, 2.75) is 51.5 Å². The van der Waals surface area contributed by atoms with E-state index in [4.69, 9.17) is 0 Å². The first kappa shape index (κ1) is 11.4. The number of hydrogen-bond donors (Lipinski definition) is 1. The molecule has 1 atom stereocenters. The van der Waals surface area contributed by atoms with Crippen molar-refractivity contribution in [3.8, 4) is 0 Å². The Kier molecular flexibility index (Phi) is 4.45. The molecule has 15 heavy (non-hydrogen) atoms. The van der Waals surface area contributed by atoms with Gasteiger partial charge in [0, 0.05) is 6.04 Å². The molecule has 0 bridgehead atoms. The number of nitrogens with one attached hydrogen (secondary N) is 1. The quantitative estimate of drug-likeness (QED) is 0.768. The standard InChI is InChI=1S/C13H26N2/c1-12-5-9-15(10-6-12)11-7-13-4-2-3-8-14-13/h12-14H,2-11H2,1H3/t13-/m1/s1. The van der Waals surface area contributed by atoms with Gasteiger partial charge < -0.3 is 10.2 Å². The molecule has 0 aromatic heterocycles. The lowest BCUT2D eigenvalue weighted by Gasteiger charge is -2.32. The third-order valence-electron chi connectivity index (χ3n) is 4.08. The second-order valence-electron chi connectivity index (χ2n) is 5.46. The van der Waals surface area contributed by atoms with Crippen molar-refractivity contribution >= 4 is 0 Å². The molecule has 0 saturated carbocycles. The maximum atomic E-state index is 3.64. The highest BCUT2D eigenvalue weighted by atomic mass is 15.1. The third kappa shape index (κ3) is 3.76. The van der Waals surface area contributed by atoms with Gasteiger partial charge in [0.15, 0.2) is 0 Å². The number of rotatable bonds is 3. The fraction of sp³-hybridized carbons (Fsp3) is 1.00. The first-order chi connectivity index (χ1) is 7.34. The van der Waals surface area contributed by atoms with Gasteiger partial charge in [0.25, 0.3) is 0 Å². The summed E-state index contributed by atoms with van der Waals surface area (Å²) < 4.78 is 0. The van der Waals surface area contributed by atoms with E-state index in [1.54, 1.807) is 0 Å². The van der Waals surface area contributed by atoms with E-state index < -0.39 is 0 Å². The summed E-state index contributed by atoms with van der Waals surface area (Å²) in [5.41, 5.74) is 0. The minimum Gasteiger partial charge on any atom is -0.314 e. The maximum Gasteiger partial charge on any atom is 0.00792 e. The van der Waals surface area contributed by atoms with Crippen LogP contribution in [0.1, 0.15) is 45.4 Å². The molecule has 0 unspecified atom stereocenters. The lowest BCUT2D eigenvalue weighted by Crippen LogP contribution is -2.39. The highest BCUT2D eigenvalue weighted by Crippen LogP contribution is 2.17. The van der Waals surface area contributed by atoms with Crippen molar-refractivity contribution in [1.82, 2.24) is 10.2 Å². The van der Waals surface area contributed by atoms with Crippen LogP contribution in [0.4, 0.5) is 0 Å². The molecule has 0 amide bonds. The van der Waals surface area contributed by atoms with Gasteiger partial charge in [-0.25, -0.2) is 0 Å². The van der Waals surface area contributed by atoms with Crippen LogP contribution in [0.5, 0.6) is 0 Å². The Morgan fingerprint density at radius 2 is 1.93 bits per heavy atom. The van der Waals surface area contributed by atoms with Crippen LogP contribution in [-0.4, -0.2) is 37.1 Å². The van der Waals surface area contributed by atoms with Gasteiger partial charge in [0.2, 0.25) is 0 Å². The highest BCUT2D eigenvalue weighted by Gasteiger charge is 2.17. The summed E-state index contributed by atoms with van der Waals surface area (Å²) in [4.78, 5) is 2.66. The van der Waals surface area contributed by atoms with E-state index in [-0.39, 0.29) is 0 Å². The molecule has 2 rings (SSSR count). The second kappa shape index (κ2) is 5.86. The van der Waals surface area contributed by atoms with E-state index in [2.05, 4.69) is 17.1 Å². The average molecular weight is 210 g/mol. The zero-order valence-corrected chi connectivity index (χ0v) is 10.2. The largest absolute Gasteiger partial charge is 0.314 e. The Morgan fingerprint density at radius 1 is 1.13 bits per heavy atom. The van der Waals surface area contributed by atoms with Gasteiger partial charge in [-0.1, -0.05) is 13.3 Å². The van der Waals surface area contributed by atoms with Gasteiger partial charge in [-0.2, -0.15) is 0 Å². The van der Waals surface area contributed by atoms with Crippen LogP contribution in [-0.2, 0) is 0 Å². The van der Waals surface area contributed by atoms with Crippen molar-refractivity contribution in [2.24, 2.45) is 5.92 Å². The Morgan fingerprint density at radius 3 is 2.60 bits per heavy atom. The summed E-state index contributed by atoms with van der Waals surface area (Å²) in [6.45, 7) is 7.65. The van der Waals surface area contributed by atoms with Crippen LogP contribution >= 0.6 is 0 Å². The maximum absolute atomic E-state index is 3.64. The fourth-order valence-electron chi connectivity index (χ4n) is 2.79. The van der Waals surface area contributed by atoms with E-state index in [0.717, 1.165) is 12.0 Å². The molecule has 2 fully saturated rings.